The van der Waals surface area contributed by atoms with Crippen molar-refractivity contribution in [2.75, 3.05) is 25.4 Å². The number of nitrogens with zero attached hydrogens (tertiary/aromatic N) is 1. The molecule has 0 radical (unpaired) electrons. The van der Waals surface area contributed by atoms with E-state index in [1.54, 1.807) is 6.92 Å². The van der Waals surface area contributed by atoms with Crippen molar-refractivity contribution in [1.82, 2.24) is 4.90 Å². The Morgan fingerprint density at radius 3 is 3.00 bits per heavy atom. The van der Waals surface area contributed by atoms with E-state index < -0.39 is 0 Å². The molecule has 0 saturated heterocycles. The fraction of sp³-hybridized carbons (Fsp3) is 0.462. The molecule has 0 aromatic carbocycles. The summed E-state index contributed by atoms with van der Waals surface area (Å²) in [6.07, 6.45) is 6.12. The number of esters is 1. The van der Waals surface area contributed by atoms with E-state index in [2.05, 4.69) is 10.8 Å². The molecule has 2 rings (SSSR count). The van der Waals surface area contributed by atoms with Crippen molar-refractivity contribution in [2.24, 2.45) is 0 Å². The summed E-state index contributed by atoms with van der Waals surface area (Å²) in [7, 11) is 0. The zero-order valence-corrected chi connectivity index (χ0v) is 12.4. The molecule has 19 heavy (non-hydrogen) atoms. The molecule has 1 aromatic rings. The van der Waals surface area contributed by atoms with Crippen LogP contribution in [0.4, 0.5) is 5.00 Å². The van der Waals surface area contributed by atoms with Crippen molar-refractivity contribution >= 4 is 34.7 Å². The molecular weight excluding hydrogens is 284 g/mol. The van der Waals surface area contributed by atoms with Crippen LogP contribution in [0.2, 0.25) is 0 Å². The minimum atomic E-state index is -0.308. The molecule has 2 heterocycles. The molecule has 1 aliphatic heterocycles. The summed E-state index contributed by atoms with van der Waals surface area (Å²) in [4.78, 5) is 15.2. The van der Waals surface area contributed by atoms with Gasteiger partial charge in [0, 0.05) is 18.0 Å². The van der Waals surface area contributed by atoms with Crippen LogP contribution in [0.25, 0.3) is 0 Å². The second kappa shape index (κ2) is 6.80. The monoisotopic (exact) mass is 300 g/mol. The first-order valence-electron chi connectivity index (χ1n) is 5.90. The molecule has 0 unspecified atom stereocenters. The number of carbonyl (C=O) groups excluding carboxylic acids is 1. The molecule has 0 aliphatic carbocycles. The highest BCUT2D eigenvalue weighted by molar-refractivity contribution is 7.16. The lowest BCUT2D eigenvalue weighted by Gasteiger charge is -2.24. The van der Waals surface area contributed by atoms with Crippen LogP contribution in [0.15, 0.2) is 0 Å². The predicted molar refractivity (Wildman–Crippen MR) is 79.7 cm³/mol. The highest BCUT2D eigenvalue weighted by Gasteiger charge is 2.27. The molecule has 0 bridgehead atoms. The third-order valence-corrected chi connectivity index (χ3v) is 4.00. The first-order valence-corrected chi connectivity index (χ1v) is 6.72. The summed E-state index contributed by atoms with van der Waals surface area (Å²) in [5.41, 5.74) is 7.54. The Labute approximate surface area is 123 Å². The van der Waals surface area contributed by atoms with Gasteiger partial charge in [-0.1, -0.05) is 5.92 Å². The second-order valence-electron chi connectivity index (χ2n) is 4.13. The van der Waals surface area contributed by atoms with Crippen molar-refractivity contribution in [2.45, 2.75) is 19.9 Å². The van der Waals surface area contributed by atoms with Crippen LogP contribution in [-0.2, 0) is 17.7 Å². The molecule has 104 valence electrons. The lowest BCUT2D eigenvalue weighted by Crippen LogP contribution is -2.30. The molecule has 0 atom stereocenters. The van der Waals surface area contributed by atoms with Gasteiger partial charge in [0.2, 0.25) is 0 Å². The zero-order valence-electron chi connectivity index (χ0n) is 10.8. The van der Waals surface area contributed by atoms with Gasteiger partial charge < -0.3 is 10.5 Å². The summed E-state index contributed by atoms with van der Waals surface area (Å²) in [6.45, 7) is 4.42. The Bertz CT molecular complexity index is 507. The summed E-state index contributed by atoms with van der Waals surface area (Å²) in [5.74, 6) is 2.33. The number of rotatable bonds is 3. The van der Waals surface area contributed by atoms with E-state index in [0.717, 1.165) is 30.0 Å². The minimum Gasteiger partial charge on any atom is -0.462 e. The Kier molecular flexibility index (Phi) is 5.67. The number of hydrogen-bond donors (Lipinski definition) is 1. The number of halogens is 1. The molecule has 0 saturated carbocycles. The fourth-order valence-electron chi connectivity index (χ4n) is 2.17. The Balaban J connectivity index is 0.00000180. The van der Waals surface area contributed by atoms with E-state index in [4.69, 9.17) is 16.9 Å². The van der Waals surface area contributed by atoms with E-state index in [1.807, 2.05) is 0 Å². The molecule has 1 aromatic heterocycles. The third-order valence-electron chi connectivity index (χ3n) is 2.96. The van der Waals surface area contributed by atoms with Crippen molar-refractivity contribution in [1.29, 1.82) is 0 Å². The SMILES string of the molecule is C#CCN1CCc2c(sc(N)c2C(=O)OCC)C1.Cl. The average Bonchev–Trinajstić information content (AvgIpc) is 2.65. The lowest BCUT2D eigenvalue weighted by molar-refractivity contribution is 0.0526. The van der Waals surface area contributed by atoms with Crippen LogP contribution in [0.1, 0.15) is 27.7 Å². The van der Waals surface area contributed by atoms with Gasteiger partial charge in [-0.25, -0.2) is 4.79 Å². The zero-order chi connectivity index (χ0) is 13.1. The van der Waals surface area contributed by atoms with Gasteiger partial charge in [-0.15, -0.1) is 30.2 Å². The van der Waals surface area contributed by atoms with E-state index in [1.165, 1.54) is 11.3 Å². The molecule has 0 fully saturated rings. The number of thiophene rings is 1. The van der Waals surface area contributed by atoms with Crippen molar-refractivity contribution in [3.8, 4) is 12.3 Å². The summed E-state index contributed by atoms with van der Waals surface area (Å²) < 4.78 is 5.05. The third kappa shape index (κ3) is 3.21. The first kappa shape index (κ1) is 15.8. The number of carbonyl (C=O) groups is 1. The maximum absolute atomic E-state index is 11.9. The molecule has 1 aliphatic rings. The standard InChI is InChI=1S/C13H16N2O2S.ClH/c1-3-6-15-7-5-9-10(8-15)18-12(14)11(9)13(16)17-4-2;/h1H,4-8,14H2,2H3;1H. The van der Waals surface area contributed by atoms with Crippen LogP contribution < -0.4 is 5.73 Å². The van der Waals surface area contributed by atoms with Crippen LogP contribution in [0.5, 0.6) is 0 Å². The number of nitrogens with two attached hydrogens (primary N) is 1. The molecule has 0 amide bonds. The molecule has 4 nitrogen and oxygen atoms in total. The smallest absolute Gasteiger partial charge is 0.341 e. The maximum Gasteiger partial charge on any atom is 0.341 e. The lowest BCUT2D eigenvalue weighted by atomic mass is 10.0. The van der Waals surface area contributed by atoms with Crippen molar-refractivity contribution in [3.05, 3.63) is 16.0 Å². The number of fused-ring (bicyclic) bond motifs is 1. The van der Waals surface area contributed by atoms with Gasteiger partial charge in [0.15, 0.2) is 0 Å². The van der Waals surface area contributed by atoms with E-state index in [0.29, 0.717) is 23.7 Å². The van der Waals surface area contributed by atoms with E-state index >= 15 is 0 Å². The molecule has 0 spiro atoms. The van der Waals surface area contributed by atoms with Gasteiger partial charge in [0.05, 0.1) is 18.7 Å². The Hall–Kier alpha value is -1.22. The van der Waals surface area contributed by atoms with Crippen LogP contribution in [0.3, 0.4) is 0 Å². The quantitative estimate of drug-likeness (QED) is 0.684. The van der Waals surface area contributed by atoms with Gasteiger partial charge in [-0.3, -0.25) is 4.90 Å². The van der Waals surface area contributed by atoms with Crippen LogP contribution in [0, 0.1) is 12.3 Å². The van der Waals surface area contributed by atoms with E-state index in [9.17, 15) is 4.79 Å². The first-order chi connectivity index (χ1) is 8.67. The summed E-state index contributed by atoms with van der Waals surface area (Å²) in [6, 6.07) is 0. The number of hydrogen-bond acceptors (Lipinski definition) is 5. The highest BCUT2D eigenvalue weighted by atomic mass is 35.5. The molecule has 2 N–H and O–H groups in total. The Morgan fingerprint density at radius 1 is 1.63 bits per heavy atom. The predicted octanol–water partition coefficient (Wildman–Crippen LogP) is 1.92. The van der Waals surface area contributed by atoms with Crippen LogP contribution >= 0.6 is 23.7 Å². The summed E-state index contributed by atoms with van der Waals surface area (Å²) >= 11 is 1.47. The minimum absolute atomic E-state index is 0. The number of terminal acetylenes is 1. The number of ether oxygens (including phenoxy) is 1. The Morgan fingerprint density at radius 2 is 2.37 bits per heavy atom. The van der Waals surface area contributed by atoms with Gasteiger partial charge in [-0.2, -0.15) is 0 Å². The van der Waals surface area contributed by atoms with Crippen LogP contribution in [-0.4, -0.2) is 30.6 Å². The average molecular weight is 301 g/mol. The highest BCUT2D eigenvalue weighted by Crippen LogP contribution is 2.35. The fourth-order valence-corrected chi connectivity index (χ4v) is 3.32. The number of anilines is 1. The van der Waals surface area contributed by atoms with Crippen molar-refractivity contribution in [3.63, 3.8) is 0 Å². The number of nitrogen functional groups attached to an aromatic ring is 1. The normalized spacial score (nSPS) is 14.1. The van der Waals surface area contributed by atoms with Crippen molar-refractivity contribution < 1.29 is 9.53 Å². The van der Waals surface area contributed by atoms with Gasteiger partial charge in [0.25, 0.3) is 0 Å². The van der Waals surface area contributed by atoms with Gasteiger partial charge in [-0.05, 0) is 18.9 Å². The molecule has 6 heteroatoms. The molecular formula is C13H17ClN2O2S. The van der Waals surface area contributed by atoms with Gasteiger partial charge in [0.1, 0.15) is 5.00 Å². The maximum atomic E-state index is 11.9. The largest absolute Gasteiger partial charge is 0.462 e. The van der Waals surface area contributed by atoms with E-state index in [-0.39, 0.29) is 18.4 Å². The van der Waals surface area contributed by atoms with Gasteiger partial charge >= 0.3 is 5.97 Å². The second-order valence-corrected chi connectivity index (χ2v) is 5.27. The topological polar surface area (TPSA) is 55.6 Å². The summed E-state index contributed by atoms with van der Waals surface area (Å²) in [5, 5.41) is 0.556.